The van der Waals surface area contributed by atoms with E-state index in [1.165, 1.54) is 24.3 Å². The van der Waals surface area contributed by atoms with E-state index in [1.54, 1.807) is 48.8 Å². The average Bonchev–Trinajstić information content (AvgIpc) is 2.72. The predicted molar refractivity (Wildman–Crippen MR) is 103 cm³/mol. The van der Waals surface area contributed by atoms with Crippen molar-refractivity contribution in [3.05, 3.63) is 100 Å². The summed E-state index contributed by atoms with van der Waals surface area (Å²) in [6.45, 7) is 0.0415. The Hall–Kier alpha value is -4.00. The molecule has 0 aliphatic rings. The monoisotopic (exact) mass is 376 g/mol. The number of ether oxygens (including phenoxy) is 2. The second-order valence-electron chi connectivity index (χ2n) is 5.69. The molecule has 3 rings (SSSR count). The van der Waals surface area contributed by atoms with Crippen molar-refractivity contribution in [2.75, 3.05) is 0 Å². The predicted octanol–water partition coefficient (Wildman–Crippen LogP) is 4.54. The molecule has 0 spiro atoms. The van der Waals surface area contributed by atoms with Crippen LogP contribution < -0.4 is 4.74 Å². The number of hydrogen-bond acceptors (Lipinski definition) is 6. The van der Waals surface area contributed by atoms with E-state index in [0.717, 1.165) is 0 Å². The van der Waals surface area contributed by atoms with Crippen molar-refractivity contribution < 1.29 is 19.2 Å². The average molecular weight is 376 g/mol. The van der Waals surface area contributed by atoms with Gasteiger partial charge in [0, 0.05) is 30.0 Å². The molecule has 28 heavy (non-hydrogen) atoms. The number of nitro benzene ring substituents is 1. The highest BCUT2D eigenvalue weighted by Gasteiger charge is 2.07. The number of nitro groups is 1. The number of carbonyl (C=O) groups is 1. The van der Waals surface area contributed by atoms with Gasteiger partial charge in [0.2, 0.25) is 0 Å². The van der Waals surface area contributed by atoms with Crippen molar-refractivity contribution >= 4 is 17.7 Å². The van der Waals surface area contributed by atoms with Gasteiger partial charge in [-0.2, -0.15) is 0 Å². The van der Waals surface area contributed by atoms with Crippen molar-refractivity contribution in [2.45, 2.75) is 6.61 Å². The third kappa shape index (κ3) is 5.25. The molecule has 0 atom stereocenters. The molecular weight excluding hydrogens is 360 g/mol. The molecule has 0 N–H and O–H groups in total. The fourth-order valence-electron chi connectivity index (χ4n) is 2.33. The smallest absolute Gasteiger partial charge is 0.331 e. The van der Waals surface area contributed by atoms with Crippen molar-refractivity contribution in [1.29, 1.82) is 0 Å². The molecule has 0 bridgehead atoms. The number of benzene rings is 2. The summed E-state index contributed by atoms with van der Waals surface area (Å²) in [7, 11) is 0. The SMILES string of the molecule is O=C(/C=C/c1ccc([N+](=O)[O-])cc1)OCc1ccccc1Oc1cccnc1. The van der Waals surface area contributed by atoms with E-state index >= 15 is 0 Å². The van der Waals surface area contributed by atoms with Gasteiger partial charge in [-0.1, -0.05) is 18.2 Å². The summed E-state index contributed by atoms with van der Waals surface area (Å²) < 4.78 is 11.0. The van der Waals surface area contributed by atoms with Gasteiger partial charge in [0.05, 0.1) is 11.1 Å². The van der Waals surface area contributed by atoms with Crippen molar-refractivity contribution in [2.24, 2.45) is 0 Å². The number of aromatic nitrogens is 1. The van der Waals surface area contributed by atoms with Crippen LogP contribution >= 0.6 is 0 Å². The minimum Gasteiger partial charge on any atom is -0.458 e. The van der Waals surface area contributed by atoms with Gasteiger partial charge in [0.1, 0.15) is 18.1 Å². The summed E-state index contributed by atoms with van der Waals surface area (Å²) in [6, 6.07) is 16.6. The molecule has 0 fully saturated rings. The minimum absolute atomic E-state index is 0.00931. The van der Waals surface area contributed by atoms with E-state index < -0.39 is 10.9 Å². The maximum absolute atomic E-state index is 12.0. The van der Waals surface area contributed by atoms with E-state index in [9.17, 15) is 14.9 Å². The Balaban J connectivity index is 1.59. The molecule has 0 aliphatic carbocycles. The second-order valence-corrected chi connectivity index (χ2v) is 5.69. The topological polar surface area (TPSA) is 91.6 Å². The summed E-state index contributed by atoms with van der Waals surface area (Å²) in [4.78, 5) is 26.1. The number of rotatable bonds is 7. The maximum atomic E-state index is 12.0. The lowest BCUT2D eigenvalue weighted by molar-refractivity contribution is -0.384. The Morgan fingerprint density at radius 3 is 2.57 bits per heavy atom. The molecule has 7 heteroatoms. The molecule has 7 nitrogen and oxygen atoms in total. The number of non-ortho nitro benzene ring substituents is 1. The van der Waals surface area contributed by atoms with Gasteiger partial charge in [-0.05, 0) is 42.0 Å². The fraction of sp³-hybridized carbons (Fsp3) is 0.0476. The Kier molecular flexibility index (Phi) is 6.10. The van der Waals surface area contributed by atoms with E-state index in [0.29, 0.717) is 22.6 Å². The van der Waals surface area contributed by atoms with Crippen LogP contribution in [0.4, 0.5) is 5.69 Å². The van der Waals surface area contributed by atoms with E-state index in [2.05, 4.69) is 4.98 Å². The number of para-hydroxylation sites is 1. The largest absolute Gasteiger partial charge is 0.458 e. The summed E-state index contributed by atoms with van der Waals surface area (Å²) in [6.07, 6.45) is 6.05. The molecule has 140 valence electrons. The zero-order valence-electron chi connectivity index (χ0n) is 14.7. The van der Waals surface area contributed by atoms with Crippen LogP contribution in [0.2, 0.25) is 0 Å². The summed E-state index contributed by atoms with van der Waals surface area (Å²) >= 11 is 0. The Morgan fingerprint density at radius 2 is 1.86 bits per heavy atom. The standard InChI is InChI=1S/C21H16N2O5/c24-21(12-9-16-7-10-18(11-8-16)23(25)26)27-15-17-4-1-2-6-20(17)28-19-5-3-13-22-14-19/h1-14H,15H2/b12-9+. The highest BCUT2D eigenvalue weighted by atomic mass is 16.6. The van der Waals surface area contributed by atoms with Gasteiger partial charge >= 0.3 is 5.97 Å². The van der Waals surface area contributed by atoms with Crippen LogP contribution in [0.1, 0.15) is 11.1 Å². The van der Waals surface area contributed by atoms with Gasteiger partial charge in [-0.15, -0.1) is 0 Å². The normalized spacial score (nSPS) is 10.6. The lowest BCUT2D eigenvalue weighted by atomic mass is 10.2. The Bertz CT molecular complexity index is 985. The molecule has 0 saturated carbocycles. The lowest BCUT2D eigenvalue weighted by Gasteiger charge is -2.10. The van der Waals surface area contributed by atoms with Crippen molar-refractivity contribution in [3.8, 4) is 11.5 Å². The highest BCUT2D eigenvalue weighted by Crippen LogP contribution is 2.25. The zero-order chi connectivity index (χ0) is 19.8. The third-order valence-corrected chi connectivity index (χ3v) is 3.72. The molecule has 1 heterocycles. The quantitative estimate of drug-likeness (QED) is 0.260. The first-order chi connectivity index (χ1) is 13.6. The van der Waals surface area contributed by atoms with Crippen LogP contribution in [0.5, 0.6) is 11.5 Å². The summed E-state index contributed by atoms with van der Waals surface area (Å²) in [5.74, 6) is 0.622. The first-order valence-corrected chi connectivity index (χ1v) is 8.37. The fourth-order valence-corrected chi connectivity index (χ4v) is 2.33. The molecule has 0 aliphatic heterocycles. The zero-order valence-corrected chi connectivity index (χ0v) is 14.7. The molecule has 3 aromatic rings. The molecule has 0 radical (unpaired) electrons. The molecule has 1 aromatic heterocycles. The van der Waals surface area contributed by atoms with E-state index in [-0.39, 0.29) is 12.3 Å². The Morgan fingerprint density at radius 1 is 1.07 bits per heavy atom. The van der Waals surface area contributed by atoms with Crippen LogP contribution in [-0.2, 0) is 16.1 Å². The molecule has 0 amide bonds. The molecular formula is C21H16N2O5. The molecule has 2 aromatic carbocycles. The minimum atomic E-state index is -0.533. The number of esters is 1. The van der Waals surface area contributed by atoms with Crippen molar-refractivity contribution in [1.82, 2.24) is 4.98 Å². The Labute approximate surface area is 161 Å². The first kappa shape index (κ1) is 18.8. The van der Waals surface area contributed by atoms with Crippen LogP contribution in [0.3, 0.4) is 0 Å². The van der Waals surface area contributed by atoms with Gasteiger partial charge in [-0.3, -0.25) is 15.1 Å². The van der Waals surface area contributed by atoms with Crippen molar-refractivity contribution in [3.63, 3.8) is 0 Å². The number of carbonyl (C=O) groups excluding carboxylic acids is 1. The maximum Gasteiger partial charge on any atom is 0.331 e. The van der Waals surface area contributed by atoms with Crippen LogP contribution in [0.15, 0.2) is 79.1 Å². The van der Waals surface area contributed by atoms with Crippen LogP contribution in [0.25, 0.3) is 6.08 Å². The summed E-state index contributed by atoms with van der Waals surface area (Å²) in [5.41, 5.74) is 1.36. The van der Waals surface area contributed by atoms with Crippen LogP contribution in [0, 0.1) is 10.1 Å². The molecule has 0 saturated heterocycles. The highest BCUT2D eigenvalue weighted by molar-refractivity contribution is 5.87. The lowest BCUT2D eigenvalue weighted by Crippen LogP contribution is -2.02. The number of pyridine rings is 1. The third-order valence-electron chi connectivity index (χ3n) is 3.72. The van der Waals surface area contributed by atoms with Gasteiger partial charge in [0.15, 0.2) is 0 Å². The van der Waals surface area contributed by atoms with E-state index in [1.807, 2.05) is 12.1 Å². The van der Waals surface area contributed by atoms with Gasteiger partial charge < -0.3 is 9.47 Å². The van der Waals surface area contributed by atoms with Gasteiger partial charge in [-0.25, -0.2) is 4.79 Å². The molecule has 0 unspecified atom stereocenters. The first-order valence-electron chi connectivity index (χ1n) is 8.37. The second kappa shape index (κ2) is 9.09. The van der Waals surface area contributed by atoms with E-state index in [4.69, 9.17) is 9.47 Å². The van der Waals surface area contributed by atoms with Crippen LogP contribution in [-0.4, -0.2) is 15.9 Å². The summed E-state index contributed by atoms with van der Waals surface area (Å²) in [5, 5.41) is 10.6. The number of hydrogen-bond donors (Lipinski definition) is 0. The number of nitrogens with zero attached hydrogens (tertiary/aromatic N) is 2. The van der Waals surface area contributed by atoms with Gasteiger partial charge in [0.25, 0.3) is 5.69 Å².